The van der Waals surface area contributed by atoms with Crippen molar-refractivity contribution in [3.05, 3.63) is 51.4 Å². The van der Waals surface area contributed by atoms with Crippen molar-refractivity contribution in [2.24, 2.45) is 0 Å². The fourth-order valence-corrected chi connectivity index (χ4v) is 2.34. The van der Waals surface area contributed by atoms with Gasteiger partial charge < -0.3 is 9.15 Å². The molecular weight excluding hydrogens is 264 g/mol. The molecule has 0 aliphatic rings. The summed E-state index contributed by atoms with van der Waals surface area (Å²) in [5.41, 5.74) is 2.01. The molecule has 1 aromatic heterocycles. The summed E-state index contributed by atoms with van der Waals surface area (Å²) in [6.07, 6.45) is 0. The molecule has 0 unspecified atom stereocenters. The van der Waals surface area contributed by atoms with E-state index < -0.39 is 0 Å². The Morgan fingerprint density at radius 1 is 1.21 bits per heavy atom. The molecule has 0 saturated heterocycles. The van der Waals surface area contributed by atoms with Gasteiger partial charge in [0.1, 0.15) is 17.3 Å². The second kappa shape index (κ2) is 5.10. The SMILES string of the molecule is COc1ccc(C(=O)c2c(C)oc(C)c2C)cc1Cl. The van der Waals surface area contributed by atoms with Crippen LogP contribution in [0.5, 0.6) is 5.75 Å². The van der Waals surface area contributed by atoms with E-state index in [1.807, 2.05) is 13.8 Å². The molecule has 0 fully saturated rings. The van der Waals surface area contributed by atoms with Gasteiger partial charge in [0, 0.05) is 11.1 Å². The molecule has 19 heavy (non-hydrogen) atoms. The quantitative estimate of drug-likeness (QED) is 0.794. The highest BCUT2D eigenvalue weighted by Crippen LogP contribution is 2.28. The summed E-state index contributed by atoms with van der Waals surface area (Å²) in [4.78, 5) is 12.5. The Bertz CT molecular complexity index is 641. The van der Waals surface area contributed by atoms with E-state index in [1.165, 1.54) is 7.11 Å². The number of carbonyl (C=O) groups excluding carboxylic acids is 1. The smallest absolute Gasteiger partial charge is 0.196 e. The zero-order valence-corrected chi connectivity index (χ0v) is 12.1. The van der Waals surface area contributed by atoms with Gasteiger partial charge in [-0.3, -0.25) is 4.79 Å². The van der Waals surface area contributed by atoms with Crippen molar-refractivity contribution in [1.29, 1.82) is 0 Å². The number of ketones is 1. The number of aryl methyl sites for hydroxylation is 2. The van der Waals surface area contributed by atoms with Crippen molar-refractivity contribution in [3.63, 3.8) is 0 Å². The first-order chi connectivity index (χ1) is 8.95. The van der Waals surface area contributed by atoms with Gasteiger partial charge in [0.25, 0.3) is 0 Å². The van der Waals surface area contributed by atoms with Gasteiger partial charge >= 0.3 is 0 Å². The average molecular weight is 279 g/mol. The van der Waals surface area contributed by atoms with Crippen LogP contribution in [0.15, 0.2) is 22.6 Å². The molecule has 1 aromatic carbocycles. The maximum atomic E-state index is 12.5. The molecule has 2 rings (SSSR count). The predicted molar refractivity (Wildman–Crippen MR) is 74.4 cm³/mol. The number of halogens is 1. The van der Waals surface area contributed by atoms with E-state index in [1.54, 1.807) is 25.1 Å². The highest BCUT2D eigenvalue weighted by Gasteiger charge is 2.20. The molecule has 3 nitrogen and oxygen atoms in total. The number of rotatable bonds is 3. The molecule has 0 aliphatic carbocycles. The minimum Gasteiger partial charge on any atom is -0.495 e. The summed E-state index contributed by atoms with van der Waals surface area (Å²) in [6.45, 7) is 5.52. The van der Waals surface area contributed by atoms with Crippen molar-refractivity contribution < 1.29 is 13.9 Å². The molecule has 100 valence electrons. The summed E-state index contributed by atoms with van der Waals surface area (Å²) >= 11 is 6.05. The zero-order valence-electron chi connectivity index (χ0n) is 11.3. The van der Waals surface area contributed by atoms with E-state index in [0.717, 1.165) is 11.3 Å². The molecular formula is C15H15ClO3. The Balaban J connectivity index is 2.47. The Labute approximate surface area is 117 Å². The van der Waals surface area contributed by atoms with Crippen LogP contribution < -0.4 is 4.74 Å². The van der Waals surface area contributed by atoms with Crippen molar-refractivity contribution in [1.82, 2.24) is 0 Å². The number of furan rings is 1. The molecule has 0 radical (unpaired) electrons. The minimum absolute atomic E-state index is 0.0867. The van der Waals surface area contributed by atoms with Crippen LogP contribution in [0.4, 0.5) is 0 Å². The molecule has 0 atom stereocenters. The second-order valence-corrected chi connectivity index (χ2v) is 4.80. The van der Waals surface area contributed by atoms with Gasteiger partial charge in [-0.2, -0.15) is 0 Å². The molecule has 2 aromatic rings. The summed E-state index contributed by atoms with van der Waals surface area (Å²) in [6, 6.07) is 5.01. The number of carbonyl (C=O) groups is 1. The third kappa shape index (κ3) is 2.38. The number of hydrogen-bond donors (Lipinski definition) is 0. The van der Waals surface area contributed by atoms with E-state index >= 15 is 0 Å². The van der Waals surface area contributed by atoms with Crippen LogP contribution in [-0.2, 0) is 0 Å². The molecule has 0 spiro atoms. The van der Waals surface area contributed by atoms with Gasteiger partial charge in [0.2, 0.25) is 0 Å². The van der Waals surface area contributed by atoms with Crippen LogP contribution in [0, 0.1) is 20.8 Å². The standard InChI is InChI=1S/C15H15ClO3/c1-8-9(2)19-10(3)14(8)15(17)11-5-6-13(18-4)12(16)7-11/h5-7H,1-4H3. The number of benzene rings is 1. The summed E-state index contributed by atoms with van der Waals surface area (Å²) < 4.78 is 10.6. The Morgan fingerprint density at radius 2 is 1.89 bits per heavy atom. The Kier molecular flexibility index (Phi) is 3.67. The zero-order chi connectivity index (χ0) is 14.2. The van der Waals surface area contributed by atoms with Crippen LogP contribution in [0.25, 0.3) is 0 Å². The summed E-state index contributed by atoms with van der Waals surface area (Å²) in [7, 11) is 1.54. The summed E-state index contributed by atoms with van der Waals surface area (Å²) in [5, 5.41) is 0.420. The van der Waals surface area contributed by atoms with Crippen molar-refractivity contribution >= 4 is 17.4 Å². The van der Waals surface area contributed by atoms with Crippen molar-refractivity contribution in [3.8, 4) is 5.75 Å². The third-order valence-corrected chi connectivity index (χ3v) is 3.50. The first-order valence-corrected chi connectivity index (χ1v) is 6.28. The first-order valence-electron chi connectivity index (χ1n) is 5.90. The summed E-state index contributed by atoms with van der Waals surface area (Å²) in [5.74, 6) is 1.86. The lowest BCUT2D eigenvalue weighted by Gasteiger charge is -2.05. The molecule has 1 heterocycles. The fourth-order valence-electron chi connectivity index (χ4n) is 2.08. The lowest BCUT2D eigenvalue weighted by Crippen LogP contribution is -2.04. The van der Waals surface area contributed by atoms with Gasteiger partial charge in [-0.15, -0.1) is 0 Å². The van der Waals surface area contributed by atoms with Crippen molar-refractivity contribution in [2.75, 3.05) is 7.11 Å². The van der Waals surface area contributed by atoms with Gasteiger partial charge in [-0.25, -0.2) is 0 Å². The normalized spacial score (nSPS) is 10.6. The largest absolute Gasteiger partial charge is 0.495 e. The predicted octanol–water partition coefficient (Wildman–Crippen LogP) is 4.10. The molecule has 0 bridgehead atoms. The Morgan fingerprint density at radius 3 is 2.37 bits per heavy atom. The molecule has 0 N–H and O–H groups in total. The van der Waals surface area contributed by atoms with E-state index in [0.29, 0.717) is 27.7 Å². The molecule has 0 aliphatic heterocycles. The van der Waals surface area contributed by atoms with Crippen LogP contribution in [0.1, 0.15) is 33.0 Å². The lowest BCUT2D eigenvalue weighted by atomic mass is 10.00. The highest BCUT2D eigenvalue weighted by molar-refractivity contribution is 6.32. The van der Waals surface area contributed by atoms with Crippen LogP contribution >= 0.6 is 11.6 Å². The van der Waals surface area contributed by atoms with Gasteiger partial charge in [-0.05, 0) is 39.0 Å². The van der Waals surface area contributed by atoms with Crippen LogP contribution in [-0.4, -0.2) is 12.9 Å². The van der Waals surface area contributed by atoms with E-state index in [-0.39, 0.29) is 5.78 Å². The highest BCUT2D eigenvalue weighted by atomic mass is 35.5. The average Bonchev–Trinajstić information content (AvgIpc) is 2.62. The van der Waals surface area contributed by atoms with Gasteiger partial charge in [-0.1, -0.05) is 11.6 Å². The monoisotopic (exact) mass is 278 g/mol. The third-order valence-electron chi connectivity index (χ3n) is 3.20. The lowest BCUT2D eigenvalue weighted by molar-refractivity contribution is 0.103. The fraction of sp³-hybridized carbons (Fsp3) is 0.267. The minimum atomic E-state index is -0.0867. The molecule has 0 amide bonds. The number of ether oxygens (including phenoxy) is 1. The van der Waals surface area contributed by atoms with E-state index in [9.17, 15) is 4.79 Å². The van der Waals surface area contributed by atoms with E-state index in [4.69, 9.17) is 20.8 Å². The maximum Gasteiger partial charge on any atom is 0.196 e. The molecule has 0 saturated carbocycles. The van der Waals surface area contributed by atoms with Crippen molar-refractivity contribution in [2.45, 2.75) is 20.8 Å². The van der Waals surface area contributed by atoms with Crippen LogP contribution in [0.2, 0.25) is 5.02 Å². The van der Waals surface area contributed by atoms with Crippen LogP contribution in [0.3, 0.4) is 0 Å². The number of hydrogen-bond acceptors (Lipinski definition) is 3. The first kappa shape index (κ1) is 13.7. The van der Waals surface area contributed by atoms with Gasteiger partial charge in [0.15, 0.2) is 5.78 Å². The van der Waals surface area contributed by atoms with E-state index in [2.05, 4.69) is 0 Å². The molecule has 4 heteroatoms. The van der Waals surface area contributed by atoms with Gasteiger partial charge in [0.05, 0.1) is 17.7 Å². The Hall–Kier alpha value is -1.74. The second-order valence-electron chi connectivity index (χ2n) is 4.39. The number of methoxy groups -OCH3 is 1. The maximum absolute atomic E-state index is 12.5. The topological polar surface area (TPSA) is 39.4 Å².